The first-order valence-corrected chi connectivity index (χ1v) is 8.09. The van der Waals surface area contributed by atoms with Gasteiger partial charge in [-0.1, -0.05) is 67.6 Å². The molecule has 0 radical (unpaired) electrons. The van der Waals surface area contributed by atoms with Crippen molar-refractivity contribution in [3.63, 3.8) is 0 Å². The number of benzene rings is 2. The summed E-state index contributed by atoms with van der Waals surface area (Å²) in [7, 11) is 0. The molecular weight excluding hydrogens is 296 g/mol. The Labute approximate surface area is 142 Å². The van der Waals surface area contributed by atoms with Crippen LogP contribution in [0, 0.1) is 6.92 Å². The Morgan fingerprint density at radius 1 is 0.958 bits per heavy atom. The first-order valence-electron chi connectivity index (χ1n) is 8.09. The molecule has 120 valence electrons. The van der Waals surface area contributed by atoms with Crippen LogP contribution in [0.4, 0.5) is 5.82 Å². The second kappa shape index (κ2) is 7.09. The Hall–Kier alpha value is -2.94. The summed E-state index contributed by atoms with van der Waals surface area (Å²) >= 11 is 0. The minimum Gasteiger partial charge on any atom is -0.313 e. The predicted molar refractivity (Wildman–Crippen MR) is 98.9 cm³/mol. The smallest absolute Gasteiger partial charge is 0.212 e. The van der Waals surface area contributed by atoms with Crippen LogP contribution in [-0.4, -0.2) is 11.4 Å². The standard InChI is InChI=1S/C21H20N2O/c1-3-16-13-15(2)21(22-14-24)23-20(16)19-11-9-18(10-12-19)17-7-5-4-6-8-17/h4-14H,3H2,1-2H3,(H,22,23,24). The van der Waals surface area contributed by atoms with E-state index in [0.717, 1.165) is 23.2 Å². The Bertz CT molecular complexity index is 840. The zero-order valence-electron chi connectivity index (χ0n) is 13.9. The van der Waals surface area contributed by atoms with Crippen LogP contribution in [0.5, 0.6) is 0 Å². The molecule has 0 aliphatic carbocycles. The Kier molecular flexibility index (Phi) is 4.71. The minimum atomic E-state index is 0.615. The molecule has 3 heteroatoms. The molecule has 2 aromatic carbocycles. The van der Waals surface area contributed by atoms with E-state index in [-0.39, 0.29) is 0 Å². The highest BCUT2D eigenvalue weighted by Gasteiger charge is 2.10. The van der Waals surface area contributed by atoms with Gasteiger partial charge in [-0.3, -0.25) is 4.79 Å². The number of rotatable bonds is 5. The van der Waals surface area contributed by atoms with Crippen LogP contribution in [0.25, 0.3) is 22.4 Å². The molecule has 1 aromatic heterocycles. The highest BCUT2D eigenvalue weighted by atomic mass is 16.1. The molecule has 0 atom stereocenters. The van der Waals surface area contributed by atoms with Gasteiger partial charge in [0.05, 0.1) is 5.69 Å². The van der Waals surface area contributed by atoms with Crippen LogP contribution in [0.2, 0.25) is 0 Å². The highest BCUT2D eigenvalue weighted by molar-refractivity contribution is 5.75. The van der Waals surface area contributed by atoms with Crippen LogP contribution in [-0.2, 0) is 11.2 Å². The number of hydrogen-bond donors (Lipinski definition) is 1. The van der Waals surface area contributed by atoms with Crippen molar-refractivity contribution >= 4 is 12.2 Å². The zero-order chi connectivity index (χ0) is 16.9. The Morgan fingerprint density at radius 2 is 1.58 bits per heavy atom. The van der Waals surface area contributed by atoms with E-state index < -0.39 is 0 Å². The van der Waals surface area contributed by atoms with Gasteiger partial charge in [0.1, 0.15) is 5.82 Å². The predicted octanol–water partition coefficient (Wildman–Crippen LogP) is 4.85. The quantitative estimate of drug-likeness (QED) is 0.683. The normalized spacial score (nSPS) is 10.4. The van der Waals surface area contributed by atoms with E-state index in [0.29, 0.717) is 12.2 Å². The summed E-state index contributed by atoms with van der Waals surface area (Å²) in [5.41, 5.74) is 6.50. The molecule has 0 spiro atoms. The molecule has 0 aliphatic rings. The maximum Gasteiger partial charge on any atom is 0.212 e. The second-order valence-corrected chi connectivity index (χ2v) is 5.72. The van der Waals surface area contributed by atoms with Gasteiger partial charge in [0, 0.05) is 5.56 Å². The molecule has 0 aliphatic heterocycles. The fourth-order valence-electron chi connectivity index (χ4n) is 2.84. The van der Waals surface area contributed by atoms with E-state index in [2.05, 4.69) is 59.7 Å². The number of hydrogen-bond acceptors (Lipinski definition) is 2. The molecular formula is C21H20N2O. The summed E-state index contributed by atoms with van der Waals surface area (Å²) in [6.07, 6.45) is 1.56. The summed E-state index contributed by atoms with van der Waals surface area (Å²) < 4.78 is 0. The van der Waals surface area contributed by atoms with Gasteiger partial charge in [-0.25, -0.2) is 4.98 Å². The summed E-state index contributed by atoms with van der Waals surface area (Å²) in [4.78, 5) is 15.4. The van der Waals surface area contributed by atoms with Crippen molar-refractivity contribution in [3.05, 3.63) is 71.8 Å². The lowest BCUT2D eigenvalue weighted by Crippen LogP contribution is -2.03. The average Bonchev–Trinajstić information content (AvgIpc) is 2.64. The summed E-state index contributed by atoms with van der Waals surface area (Å²) in [6, 6.07) is 20.8. The number of nitrogens with zero attached hydrogens (tertiary/aromatic N) is 1. The lowest BCUT2D eigenvalue weighted by molar-refractivity contribution is -0.105. The van der Waals surface area contributed by atoms with Gasteiger partial charge in [-0.15, -0.1) is 0 Å². The summed E-state index contributed by atoms with van der Waals surface area (Å²) in [5, 5.41) is 2.68. The van der Waals surface area contributed by atoms with E-state index in [9.17, 15) is 4.79 Å². The molecule has 3 rings (SSSR count). The number of aryl methyl sites for hydroxylation is 2. The van der Waals surface area contributed by atoms with Gasteiger partial charge in [0.2, 0.25) is 6.41 Å². The van der Waals surface area contributed by atoms with Gasteiger partial charge < -0.3 is 5.32 Å². The molecule has 0 fully saturated rings. The first-order chi connectivity index (χ1) is 11.7. The lowest BCUT2D eigenvalue weighted by atomic mass is 9.99. The van der Waals surface area contributed by atoms with Crippen LogP contribution in [0.15, 0.2) is 60.7 Å². The van der Waals surface area contributed by atoms with Crippen molar-refractivity contribution in [2.75, 3.05) is 5.32 Å². The Balaban J connectivity index is 2.02. The summed E-state index contributed by atoms with van der Waals surface area (Å²) in [6.45, 7) is 4.07. The lowest BCUT2D eigenvalue weighted by Gasteiger charge is -2.12. The number of aromatic nitrogens is 1. The van der Waals surface area contributed by atoms with E-state index in [1.54, 1.807) is 0 Å². The SMILES string of the molecule is CCc1cc(C)c(NC=O)nc1-c1ccc(-c2ccccc2)cc1. The van der Waals surface area contributed by atoms with Crippen molar-refractivity contribution in [3.8, 4) is 22.4 Å². The molecule has 24 heavy (non-hydrogen) atoms. The third kappa shape index (κ3) is 3.20. The van der Waals surface area contributed by atoms with Gasteiger partial charge in [0.25, 0.3) is 0 Å². The van der Waals surface area contributed by atoms with E-state index >= 15 is 0 Å². The third-order valence-electron chi connectivity index (χ3n) is 4.13. The monoisotopic (exact) mass is 316 g/mol. The van der Waals surface area contributed by atoms with Crippen LogP contribution in [0.1, 0.15) is 18.1 Å². The molecule has 1 N–H and O–H groups in total. The number of anilines is 1. The van der Waals surface area contributed by atoms with Gasteiger partial charge in [-0.05, 0) is 35.6 Å². The molecule has 1 heterocycles. The van der Waals surface area contributed by atoms with Crippen molar-refractivity contribution in [2.24, 2.45) is 0 Å². The number of carbonyl (C=O) groups is 1. The van der Waals surface area contributed by atoms with Gasteiger partial charge >= 0.3 is 0 Å². The fraction of sp³-hybridized carbons (Fsp3) is 0.143. The molecule has 1 amide bonds. The number of pyridine rings is 1. The third-order valence-corrected chi connectivity index (χ3v) is 4.13. The van der Waals surface area contributed by atoms with Crippen LogP contribution < -0.4 is 5.32 Å². The number of nitrogens with one attached hydrogen (secondary N) is 1. The number of amides is 1. The van der Waals surface area contributed by atoms with Gasteiger partial charge in [0.15, 0.2) is 0 Å². The molecule has 0 unspecified atom stereocenters. The maximum atomic E-state index is 10.8. The maximum absolute atomic E-state index is 10.8. The largest absolute Gasteiger partial charge is 0.313 e. The molecule has 3 aromatic rings. The van der Waals surface area contributed by atoms with E-state index in [1.807, 2.05) is 25.1 Å². The van der Waals surface area contributed by atoms with Crippen molar-refractivity contribution in [1.82, 2.24) is 4.98 Å². The second-order valence-electron chi connectivity index (χ2n) is 5.72. The van der Waals surface area contributed by atoms with Crippen LogP contribution in [0.3, 0.4) is 0 Å². The average molecular weight is 316 g/mol. The molecule has 0 bridgehead atoms. The molecule has 3 nitrogen and oxygen atoms in total. The number of carbonyl (C=O) groups excluding carboxylic acids is 1. The fourth-order valence-corrected chi connectivity index (χ4v) is 2.84. The van der Waals surface area contributed by atoms with E-state index in [4.69, 9.17) is 0 Å². The first kappa shape index (κ1) is 15.9. The topological polar surface area (TPSA) is 42.0 Å². The zero-order valence-corrected chi connectivity index (χ0v) is 13.9. The van der Waals surface area contributed by atoms with Crippen molar-refractivity contribution in [2.45, 2.75) is 20.3 Å². The molecule has 0 saturated heterocycles. The molecule has 0 saturated carbocycles. The summed E-state index contributed by atoms with van der Waals surface area (Å²) in [5.74, 6) is 0.615. The van der Waals surface area contributed by atoms with E-state index in [1.165, 1.54) is 16.7 Å². The van der Waals surface area contributed by atoms with Gasteiger partial charge in [-0.2, -0.15) is 0 Å². The van der Waals surface area contributed by atoms with Crippen LogP contribution >= 0.6 is 0 Å². The minimum absolute atomic E-state index is 0.615. The Morgan fingerprint density at radius 3 is 2.21 bits per heavy atom. The van der Waals surface area contributed by atoms with Crippen molar-refractivity contribution in [1.29, 1.82) is 0 Å². The van der Waals surface area contributed by atoms with Crippen molar-refractivity contribution < 1.29 is 4.79 Å². The highest BCUT2D eigenvalue weighted by Crippen LogP contribution is 2.28.